The van der Waals surface area contributed by atoms with Crippen molar-refractivity contribution in [2.75, 3.05) is 19.3 Å². The highest BCUT2D eigenvalue weighted by molar-refractivity contribution is 7.88. The summed E-state index contributed by atoms with van der Waals surface area (Å²) in [7, 11) is -3.13. The molecule has 1 fully saturated rings. The summed E-state index contributed by atoms with van der Waals surface area (Å²) in [4.78, 5) is 13.4. The van der Waals surface area contributed by atoms with E-state index >= 15 is 0 Å². The van der Waals surface area contributed by atoms with E-state index in [1.165, 1.54) is 6.26 Å². The number of rotatable bonds is 5. The lowest BCUT2D eigenvalue weighted by molar-refractivity contribution is 0.247. The molecular weight excluding hydrogens is 338 g/mol. The van der Waals surface area contributed by atoms with Crippen molar-refractivity contribution in [3.63, 3.8) is 0 Å². The Morgan fingerprint density at radius 2 is 2.08 bits per heavy atom. The third-order valence-electron chi connectivity index (χ3n) is 4.54. The van der Waals surface area contributed by atoms with Gasteiger partial charge in [-0.05, 0) is 24.8 Å². The molecule has 0 unspecified atom stereocenters. The van der Waals surface area contributed by atoms with Gasteiger partial charge in [0.1, 0.15) is 11.5 Å². The second-order valence-corrected chi connectivity index (χ2v) is 8.97. The summed E-state index contributed by atoms with van der Waals surface area (Å²) in [5.41, 5.74) is 0.805. The molecule has 0 bridgehead atoms. The molecule has 1 saturated heterocycles. The van der Waals surface area contributed by atoms with Crippen LogP contribution in [-0.4, -0.2) is 51.6 Å². The minimum atomic E-state index is -3.13. The molecule has 2 aromatic heterocycles. The number of hydrogen-bond donors (Lipinski definition) is 0. The Morgan fingerprint density at radius 3 is 2.80 bits per heavy atom. The molecule has 0 N–H and O–H groups in total. The summed E-state index contributed by atoms with van der Waals surface area (Å²) >= 11 is 0. The van der Waals surface area contributed by atoms with Crippen molar-refractivity contribution >= 4 is 10.0 Å². The van der Waals surface area contributed by atoms with Crippen LogP contribution < -0.4 is 0 Å². The molecule has 1 atom stereocenters. The Balaban J connectivity index is 1.79. The van der Waals surface area contributed by atoms with Crippen LogP contribution in [0.1, 0.15) is 38.4 Å². The first kappa shape index (κ1) is 18.0. The highest BCUT2D eigenvalue weighted by atomic mass is 32.2. The van der Waals surface area contributed by atoms with Crippen LogP contribution in [0.2, 0.25) is 0 Å². The van der Waals surface area contributed by atoms with E-state index in [0.29, 0.717) is 13.1 Å². The number of imidazole rings is 1. The molecule has 0 aromatic carbocycles. The highest BCUT2D eigenvalue weighted by Gasteiger charge is 2.26. The van der Waals surface area contributed by atoms with E-state index in [0.717, 1.165) is 36.7 Å². The normalized spacial score (nSPS) is 19.4. The Hall–Kier alpha value is -1.80. The van der Waals surface area contributed by atoms with E-state index in [4.69, 9.17) is 0 Å². The zero-order chi connectivity index (χ0) is 18.0. The topological polar surface area (TPSA) is 81.0 Å². The summed E-state index contributed by atoms with van der Waals surface area (Å²) in [6, 6.07) is 1.87. The first-order valence-corrected chi connectivity index (χ1v) is 10.5. The smallest absolute Gasteiger partial charge is 0.211 e. The minimum absolute atomic E-state index is 0.255. The van der Waals surface area contributed by atoms with Crippen LogP contribution in [0.4, 0.5) is 0 Å². The van der Waals surface area contributed by atoms with Crippen LogP contribution in [0.3, 0.4) is 0 Å². The molecule has 0 amide bonds. The average Bonchev–Trinajstić information content (AvgIpc) is 3.02. The predicted octanol–water partition coefficient (Wildman–Crippen LogP) is 2.14. The fraction of sp³-hybridized carbons (Fsp3) is 0.588. The van der Waals surface area contributed by atoms with Crippen LogP contribution in [-0.2, 0) is 16.6 Å². The molecular formula is C17H25N5O2S. The number of aromatic nitrogens is 4. The quantitative estimate of drug-likeness (QED) is 0.813. The van der Waals surface area contributed by atoms with Gasteiger partial charge in [-0.2, -0.15) is 0 Å². The van der Waals surface area contributed by atoms with Gasteiger partial charge in [-0.25, -0.2) is 27.7 Å². The van der Waals surface area contributed by atoms with Gasteiger partial charge in [0.2, 0.25) is 10.0 Å². The van der Waals surface area contributed by atoms with Gasteiger partial charge >= 0.3 is 0 Å². The molecule has 1 aliphatic rings. The van der Waals surface area contributed by atoms with E-state index in [9.17, 15) is 8.42 Å². The minimum Gasteiger partial charge on any atom is -0.329 e. The van der Waals surface area contributed by atoms with Gasteiger partial charge in [0.25, 0.3) is 0 Å². The van der Waals surface area contributed by atoms with Gasteiger partial charge in [0.15, 0.2) is 5.82 Å². The number of sulfonamides is 1. The molecule has 3 rings (SSSR count). The lowest BCUT2D eigenvalue weighted by atomic mass is 9.99. The van der Waals surface area contributed by atoms with E-state index in [1.807, 2.05) is 12.3 Å². The van der Waals surface area contributed by atoms with Gasteiger partial charge in [-0.1, -0.05) is 13.8 Å². The number of nitrogens with zero attached hydrogens (tertiary/aromatic N) is 5. The number of piperidine rings is 1. The molecule has 2 aromatic rings. The zero-order valence-electron chi connectivity index (χ0n) is 15.0. The lowest BCUT2D eigenvalue weighted by Gasteiger charge is -2.31. The van der Waals surface area contributed by atoms with Crippen molar-refractivity contribution in [1.82, 2.24) is 23.8 Å². The van der Waals surface area contributed by atoms with E-state index in [-0.39, 0.29) is 11.8 Å². The maximum absolute atomic E-state index is 11.8. The maximum Gasteiger partial charge on any atom is 0.211 e. The summed E-state index contributed by atoms with van der Waals surface area (Å²) in [5.74, 6) is 2.14. The van der Waals surface area contributed by atoms with Gasteiger partial charge in [0, 0.05) is 44.1 Å². The third kappa shape index (κ3) is 4.24. The fourth-order valence-electron chi connectivity index (χ4n) is 3.22. The molecule has 25 heavy (non-hydrogen) atoms. The fourth-order valence-corrected chi connectivity index (χ4v) is 4.16. The van der Waals surface area contributed by atoms with Crippen LogP contribution in [0.5, 0.6) is 0 Å². The Kier molecular flexibility index (Phi) is 5.19. The second kappa shape index (κ2) is 7.21. The first-order chi connectivity index (χ1) is 11.8. The van der Waals surface area contributed by atoms with Gasteiger partial charge in [-0.3, -0.25) is 0 Å². The molecule has 136 valence electrons. The van der Waals surface area contributed by atoms with E-state index in [2.05, 4.69) is 33.4 Å². The standard InChI is InChI=1S/C17H25N5O2S/c1-13(2)16-18-7-6-15(20-16)17-19-8-10-21(17)11-14-5-4-9-22(12-14)25(3,23)24/h6-8,10,13-14H,4-5,9,11-12H2,1-3H3/t14-/m1/s1. The summed E-state index contributed by atoms with van der Waals surface area (Å²) < 4.78 is 27.3. The average molecular weight is 363 g/mol. The summed E-state index contributed by atoms with van der Waals surface area (Å²) in [5, 5.41) is 0. The molecule has 8 heteroatoms. The van der Waals surface area contributed by atoms with Crippen molar-refractivity contribution in [3.8, 4) is 11.5 Å². The molecule has 0 aliphatic carbocycles. The van der Waals surface area contributed by atoms with Crippen LogP contribution in [0, 0.1) is 5.92 Å². The van der Waals surface area contributed by atoms with Crippen molar-refractivity contribution in [2.45, 2.75) is 39.2 Å². The Bertz CT molecular complexity index is 831. The zero-order valence-corrected chi connectivity index (χ0v) is 15.8. The van der Waals surface area contributed by atoms with Crippen molar-refractivity contribution < 1.29 is 8.42 Å². The maximum atomic E-state index is 11.8. The Labute approximate surface area is 149 Å². The van der Waals surface area contributed by atoms with Crippen molar-refractivity contribution in [3.05, 3.63) is 30.5 Å². The molecule has 3 heterocycles. The lowest BCUT2D eigenvalue weighted by Crippen LogP contribution is -2.40. The SMILES string of the molecule is CC(C)c1nccc(-c2nccn2C[C@H]2CCCN(S(C)(=O)=O)C2)n1. The first-order valence-electron chi connectivity index (χ1n) is 8.64. The van der Waals surface area contributed by atoms with E-state index in [1.54, 1.807) is 16.7 Å². The van der Waals surface area contributed by atoms with Crippen molar-refractivity contribution in [1.29, 1.82) is 0 Å². The predicted molar refractivity (Wildman–Crippen MR) is 96.5 cm³/mol. The monoisotopic (exact) mass is 363 g/mol. The number of hydrogen-bond acceptors (Lipinski definition) is 5. The summed E-state index contributed by atoms with van der Waals surface area (Å²) in [6.07, 6.45) is 8.67. The van der Waals surface area contributed by atoms with E-state index < -0.39 is 10.0 Å². The molecule has 7 nitrogen and oxygen atoms in total. The van der Waals surface area contributed by atoms with Gasteiger partial charge in [-0.15, -0.1) is 0 Å². The largest absolute Gasteiger partial charge is 0.329 e. The van der Waals surface area contributed by atoms with Crippen LogP contribution >= 0.6 is 0 Å². The Morgan fingerprint density at radius 1 is 1.28 bits per heavy atom. The summed E-state index contributed by atoms with van der Waals surface area (Å²) in [6.45, 7) is 6.05. The van der Waals surface area contributed by atoms with Gasteiger partial charge in [0.05, 0.1) is 6.26 Å². The van der Waals surface area contributed by atoms with Crippen molar-refractivity contribution in [2.24, 2.45) is 5.92 Å². The second-order valence-electron chi connectivity index (χ2n) is 6.99. The third-order valence-corrected chi connectivity index (χ3v) is 5.81. The molecule has 0 spiro atoms. The molecule has 1 aliphatic heterocycles. The van der Waals surface area contributed by atoms with Crippen LogP contribution in [0.25, 0.3) is 11.5 Å². The van der Waals surface area contributed by atoms with Crippen LogP contribution in [0.15, 0.2) is 24.7 Å². The highest BCUT2D eigenvalue weighted by Crippen LogP contribution is 2.23. The molecule has 0 radical (unpaired) electrons. The van der Waals surface area contributed by atoms with Gasteiger partial charge < -0.3 is 4.57 Å². The molecule has 0 saturated carbocycles.